The summed E-state index contributed by atoms with van der Waals surface area (Å²) in [6.07, 6.45) is 112. The van der Waals surface area contributed by atoms with Crippen LogP contribution in [-0.4, -0.2) is 87.4 Å². The molecule has 0 fully saturated rings. The lowest BCUT2D eigenvalue weighted by Crippen LogP contribution is -2.40. The van der Waals surface area contributed by atoms with Crippen LogP contribution in [0.4, 0.5) is 0 Å². The number of unbranched alkanes of at least 4 members (excludes halogenated alkanes) is 39. The Balaban J connectivity index is 4.04. The van der Waals surface area contributed by atoms with Gasteiger partial charge in [0, 0.05) is 12.8 Å². The summed E-state index contributed by atoms with van der Waals surface area (Å²) in [5.41, 5.74) is 0. The monoisotopic (exact) mass is 1380 g/mol. The number of nitrogens with zero attached hydrogens (tertiary/aromatic N) is 1. The largest absolute Gasteiger partial charge is 0.477 e. The number of ether oxygens (including phenoxy) is 4. The number of quaternary nitrogens is 1. The van der Waals surface area contributed by atoms with Gasteiger partial charge in [-0.15, -0.1) is 0 Å². The number of likely N-dealkylation sites (N-methyl/N-ethyl adjacent to an activating group) is 1. The fourth-order valence-corrected chi connectivity index (χ4v) is 11.6. The van der Waals surface area contributed by atoms with E-state index in [9.17, 15) is 19.5 Å². The Kier molecular flexibility index (Phi) is 75.5. The van der Waals surface area contributed by atoms with E-state index in [0.29, 0.717) is 23.9 Å². The second-order valence-electron chi connectivity index (χ2n) is 28.7. The molecule has 0 rings (SSSR count). The average Bonchev–Trinajstić information content (AvgIpc) is 2.62. The van der Waals surface area contributed by atoms with E-state index in [0.717, 1.165) is 103 Å². The molecule has 0 aromatic heterocycles. The third-order valence-electron chi connectivity index (χ3n) is 17.9. The summed E-state index contributed by atoms with van der Waals surface area (Å²) in [7, 11) is 5.99. The minimum Gasteiger partial charge on any atom is -0.477 e. The Bertz CT molecular complexity index is 2100. The topological polar surface area (TPSA) is 108 Å². The molecule has 0 spiro atoms. The molecule has 0 saturated heterocycles. The molecule has 0 amide bonds. The van der Waals surface area contributed by atoms with Crippen LogP contribution in [0.1, 0.15) is 361 Å². The first-order chi connectivity index (χ1) is 48.6. The van der Waals surface area contributed by atoms with Gasteiger partial charge in [0.15, 0.2) is 6.10 Å². The van der Waals surface area contributed by atoms with Crippen molar-refractivity contribution in [3.63, 3.8) is 0 Å². The first-order valence-corrected chi connectivity index (χ1v) is 41.3. The number of aliphatic carboxylic acids is 1. The van der Waals surface area contributed by atoms with Crippen LogP contribution < -0.4 is 0 Å². The summed E-state index contributed by atoms with van der Waals surface area (Å²) in [5.74, 6) is -1.99. The fraction of sp³-hybridized carbons (Fsp3) is 0.722. The van der Waals surface area contributed by atoms with E-state index in [1.807, 2.05) is 21.1 Å². The molecule has 0 aliphatic heterocycles. The molecule has 0 aromatic rings. The van der Waals surface area contributed by atoms with Crippen LogP contribution in [-0.2, 0) is 33.3 Å². The Morgan fingerprint density at radius 3 is 0.859 bits per heavy atom. The van der Waals surface area contributed by atoms with E-state index < -0.39 is 24.3 Å². The summed E-state index contributed by atoms with van der Waals surface area (Å²) < 4.78 is 23.1. The minimum atomic E-state index is -1.52. The van der Waals surface area contributed by atoms with Crippen LogP contribution in [0.15, 0.2) is 134 Å². The maximum atomic E-state index is 13.0. The van der Waals surface area contributed by atoms with Gasteiger partial charge in [-0.1, -0.05) is 366 Å². The lowest BCUT2D eigenvalue weighted by molar-refractivity contribution is -0.870. The molecule has 0 saturated carbocycles. The number of carboxylic acid groups (broad SMARTS) is 1. The van der Waals surface area contributed by atoms with Gasteiger partial charge in [-0.25, -0.2) is 4.79 Å². The van der Waals surface area contributed by atoms with Gasteiger partial charge in [0.1, 0.15) is 13.2 Å². The molecule has 99 heavy (non-hydrogen) atoms. The molecular weight excluding hydrogens is 1220 g/mol. The molecule has 0 aliphatic rings. The zero-order valence-corrected chi connectivity index (χ0v) is 65.1. The highest BCUT2D eigenvalue weighted by atomic mass is 16.7. The van der Waals surface area contributed by atoms with Crippen molar-refractivity contribution in [1.82, 2.24) is 0 Å². The Morgan fingerprint density at radius 1 is 0.313 bits per heavy atom. The molecule has 0 radical (unpaired) electrons. The quantitative estimate of drug-likeness (QED) is 0.0211. The molecule has 0 aromatic carbocycles. The van der Waals surface area contributed by atoms with Gasteiger partial charge in [0.05, 0.1) is 34.4 Å². The number of hydrogen-bond donors (Lipinski definition) is 1. The maximum Gasteiger partial charge on any atom is 0.361 e. The first-order valence-electron chi connectivity index (χ1n) is 41.3. The van der Waals surface area contributed by atoms with E-state index in [1.165, 1.54) is 225 Å². The number of carbonyl (C=O) groups is 3. The Labute approximate surface area is 611 Å². The average molecular weight is 1380 g/mol. The van der Waals surface area contributed by atoms with Crippen LogP contribution in [0.3, 0.4) is 0 Å². The molecule has 9 nitrogen and oxygen atoms in total. The zero-order chi connectivity index (χ0) is 71.8. The van der Waals surface area contributed by atoms with Gasteiger partial charge in [-0.2, -0.15) is 0 Å². The zero-order valence-electron chi connectivity index (χ0n) is 65.1. The number of carbonyl (C=O) groups excluding carboxylic acids is 2. The van der Waals surface area contributed by atoms with Crippen molar-refractivity contribution in [3.8, 4) is 0 Å². The molecular formula is C90H156NO8+. The first kappa shape index (κ1) is 94.4. The van der Waals surface area contributed by atoms with Crippen LogP contribution >= 0.6 is 0 Å². The third-order valence-corrected chi connectivity index (χ3v) is 17.9. The minimum absolute atomic E-state index is 0.184. The summed E-state index contributed by atoms with van der Waals surface area (Å²) >= 11 is 0. The molecule has 0 bridgehead atoms. The third kappa shape index (κ3) is 80.6. The van der Waals surface area contributed by atoms with Crippen LogP contribution in [0, 0.1) is 0 Å². The molecule has 568 valence electrons. The molecule has 2 unspecified atom stereocenters. The predicted octanol–water partition coefficient (Wildman–Crippen LogP) is 26.8. The summed E-state index contributed by atoms with van der Waals surface area (Å²) in [6.45, 7) is 4.79. The highest BCUT2D eigenvalue weighted by Gasteiger charge is 2.25. The van der Waals surface area contributed by atoms with Gasteiger partial charge in [-0.3, -0.25) is 9.59 Å². The molecule has 0 aliphatic carbocycles. The highest BCUT2D eigenvalue weighted by molar-refractivity contribution is 5.71. The van der Waals surface area contributed by atoms with Gasteiger partial charge >= 0.3 is 17.9 Å². The SMILES string of the molecule is CC/C=C\C/C=C\C/C=C\C/C=C\C/C=C\C/C=C\C/C=C\C/C=C\C/C=C\CCCCCCCCCCCCCCCC(=O)OC(COC(=O)CCCCCCCCCCCCCCCCCCCCCCC/C=C\C/C=C\CCCCCCC)COC(OCC[N+](C)(C)C)C(=O)O. The molecule has 1 N–H and O–H groups in total. The number of allylic oxidation sites excluding steroid dienone is 22. The van der Waals surface area contributed by atoms with Crippen molar-refractivity contribution in [3.05, 3.63) is 134 Å². The Hall–Kier alpha value is -4.57. The number of rotatable bonds is 76. The molecule has 9 heteroatoms. The van der Waals surface area contributed by atoms with Crippen LogP contribution in [0.25, 0.3) is 0 Å². The van der Waals surface area contributed by atoms with E-state index in [2.05, 4.69) is 148 Å². The second-order valence-corrected chi connectivity index (χ2v) is 28.7. The van der Waals surface area contributed by atoms with Crippen molar-refractivity contribution in [2.24, 2.45) is 0 Å². The fourth-order valence-electron chi connectivity index (χ4n) is 11.6. The van der Waals surface area contributed by atoms with E-state index in [-0.39, 0.29) is 32.2 Å². The van der Waals surface area contributed by atoms with Crippen LogP contribution in [0.2, 0.25) is 0 Å². The van der Waals surface area contributed by atoms with Crippen LogP contribution in [0.5, 0.6) is 0 Å². The Morgan fingerprint density at radius 2 is 0.576 bits per heavy atom. The summed E-state index contributed by atoms with van der Waals surface area (Å²) in [4.78, 5) is 37.8. The van der Waals surface area contributed by atoms with Crippen molar-refractivity contribution in [2.75, 3.05) is 47.5 Å². The van der Waals surface area contributed by atoms with Gasteiger partial charge in [0.2, 0.25) is 0 Å². The summed E-state index contributed by atoms with van der Waals surface area (Å²) in [6, 6.07) is 0. The smallest absolute Gasteiger partial charge is 0.361 e. The lowest BCUT2D eigenvalue weighted by atomic mass is 10.0. The van der Waals surface area contributed by atoms with Gasteiger partial charge in [-0.05, 0) is 116 Å². The summed E-state index contributed by atoms with van der Waals surface area (Å²) in [5, 5.41) is 9.78. The van der Waals surface area contributed by atoms with E-state index in [1.54, 1.807) is 0 Å². The molecule has 2 atom stereocenters. The van der Waals surface area contributed by atoms with Gasteiger partial charge < -0.3 is 28.5 Å². The van der Waals surface area contributed by atoms with Gasteiger partial charge in [0.25, 0.3) is 6.29 Å². The second kappa shape index (κ2) is 79.1. The number of esters is 2. The standard InChI is InChI=1S/C90H155NO8/c1-6-8-10-12-14-16-18-20-22-24-26-28-30-32-34-36-38-40-41-42-43-44-45-46-47-49-51-53-55-57-59-61-63-65-67-69-71-73-75-77-79-81-88(93)99-86(85-98-90(89(94)95)96-83-82-91(3,4)5)84-97-87(92)80-78-76-74-72-70-68-66-64-62-60-58-56-54-52-50-48-39-37-35-33-31-29-27-25-23-21-19-17-15-13-11-9-7-2/h8,10,14,16,19-22,25-28,32,34,38,40,42-43,45-46,49,51,86,90H,6-7,9,11-13,15,17-18,23-24,29-31,33,35-37,39,41,44,47-48,50,52-85H2,1-5H3/p+1/b10-8-,16-14-,21-19-,22-20-,27-25-,28-26-,34-32-,40-38-,43-42-,46-45-,51-49-. The van der Waals surface area contributed by atoms with Crippen molar-refractivity contribution < 1.29 is 42.9 Å². The lowest BCUT2D eigenvalue weighted by Gasteiger charge is -2.25. The van der Waals surface area contributed by atoms with Crippen molar-refractivity contribution in [2.45, 2.75) is 373 Å². The van der Waals surface area contributed by atoms with Crippen molar-refractivity contribution >= 4 is 17.9 Å². The van der Waals surface area contributed by atoms with E-state index in [4.69, 9.17) is 18.9 Å². The predicted molar refractivity (Wildman–Crippen MR) is 428 cm³/mol. The van der Waals surface area contributed by atoms with Crippen molar-refractivity contribution in [1.29, 1.82) is 0 Å². The van der Waals surface area contributed by atoms with E-state index >= 15 is 0 Å². The molecule has 0 heterocycles. The maximum absolute atomic E-state index is 13.0. The highest BCUT2D eigenvalue weighted by Crippen LogP contribution is 2.19. The number of carboxylic acids is 1. The normalized spacial score (nSPS) is 13.3. The number of hydrogen-bond acceptors (Lipinski definition) is 7.